The summed E-state index contributed by atoms with van der Waals surface area (Å²) in [5, 5.41) is 8.85. The number of rotatable bonds is 4. The Morgan fingerprint density at radius 2 is 2.14 bits per heavy atom. The number of nitrogens with one attached hydrogen (secondary N) is 1. The summed E-state index contributed by atoms with van der Waals surface area (Å²) >= 11 is 1.52. The highest BCUT2D eigenvalue weighted by Gasteiger charge is 2.53. The van der Waals surface area contributed by atoms with Gasteiger partial charge >= 0.3 is 6.03 Å². The lowest BCUT2D eigenvalue weighted by Crippen LogP contribution is -2.54. The number of ether oxygens (including phenoxy) is 1. The molecule has 2 amide bonds. The standard InChI is InChI=1S/C22H36N4O2S/c1-21(2,3)18-25-26(13-16-7-6-10-28-16)20(29-18)24-19(27)23-12-14-8-9-15-11-17(14)22(15,4)5/h14-17H,6-13H2,1-5H3,(H,23,27)/t14-,15-,16+,17+/m0/s1. The summed E-state index contributed by atoms with van der Waals surface area (Å²) in [5.41, 5.74) is 0.371. The molecule has 1 aromatic rings. The lowest BCUT2D eigenvalue weighted by atomic mass is 9.45. The molecule has 0 unspecified atom stereocenters. The molecule has 29 heavy (non-hydrogen) atoms. The molecule has 0 aromatic carbocycles. The van der Waals surface area contributed by atoms with Crippen LogP contribution >= 0.6 is 11.3 Å². The molecule has 1 saturated heterocycles. The van der Waals surface area contributed by atoms with Crippen molar-refractivity contribution >= 4 is 17.4 Å². The number of carbonyl (C=O) groups is 1. The first-order chi connectivity index (χ1) is 13.6. The van der Waals surface area contributed by atoms with Gasteiger partial charge in [0.2, 0.25) is 4.80 Å². The van der Waals surface area contributed by atoms with Crippen molar-refractivity contribution in [3.05, 3.63) is 9.81 Å². The van der Waals surface area contributed by atoms with E-state index in [9.17, 15) is 4.79 Å². The summed E-state index contributed by atoms with van der Waals surface area (Å²) in [4.78, 5) is 17.7. The van der Waals surface area contributed by atoms with Gasteiger partial charge in [-0.05, 0) is 55.3 Å². The highest BCUT2D eigenvalue weighted by Crippen LogP contribution is 2.61. The van der Waals surface area contributed by atoms with Crippen LogP contribution in [0.1, 0.15) is 71.7 Å². The Kier molecular flexibility index (Phi) is 5.66. The highest BCUT2D eigenvalue weighted by molar-refractivity contribution is 7.09. The molecule has 3 saturated carbocycles. The Hall–Kier alpha value is -1.21. The van der Waals surface area contributed by atoms with E-state index in [0.29, 0.717) is 22.7 Å². The third kappa shape index (κ3) is 4.31. The number of urea groups is 1. The van der Waals surface area contributed by atoms with Gasteiger partial charge in [0.15, 0.2) is 0 Å². The first-order valence-electron chi connectivity index (χ1n) is 11.2. The average Bonchev–Trinajstić information content (AvgIpc) is 3.30. The fraction of sp³-hybridized carbons (Fsp3) is 0.864. The zero-order chi connectivity index (χ0) is 20.8. The molecule has 1 N–H and O–H groups in total. The molecule has 3 aliphatic carbocycles. The van der Waals surface area contributed by atoms with Crippen LogP contribution in [0, 0.1) is 23.2 Å². The van der Waals surface area contributed by atoms with Crippen LogP contribution in [0.2, 0.25) is 0 Å². The van der Waals surface area contributed by atoms with Gasteiger partial charge in [0.1, 0.15) is 5.01 Å². The highest BCUT2D eigenvalue weighted by atomic mass is 32.1. The molecule has 1 aromatic heterocycles. The van der Waals surface area contributed by atoms with Gasteiger partial charge in [-0.15, -0.1) is 0 Å². The minimum absolute atomic E-state index is 0.0678. The van der Waals surface area contributed by atoms with E-state index < -0.39 is 0 Å². The Labute approximate surface area is 178 Å². The number of carbonyl (C=O) groups excluding carboxylic acids is 1. The summed E-state index contributed by atoms with van der Waals surface area (Å²) in [7, 11) is 0. The van der Waals surface area contributed by atoms with Gasteiger partial charge in [-0.1, -0.05) is 46.0 Å². The largest absolute Gasteiger partial charge is 0.376 e. The molecule has 4 fully saturated rings. The number of aromatic nitrogens is 2. The summed E-state index contributed by atoms with van der Waals surface area (Å²) in [6.07, 6.45) is 6.16. The summed E-state index contributed by atoms with van der Waals surface area (Å²) < 4.78 is 7.65. The van der Waals surface area contributed by atoms with Gasteiger partial charge in [0.25, 0.3) is 0 Å². The quantitative estimate of drug-likeness (QED) is 0.797. The van der Waals surface area contributed by atoms with Crippen LogP contribution in [0.15, 0.2) is 4.99 Å². The van der Waals surface area contributed by atoms with Gasteiger partial charge < -0.3 is 10.1 Å². The molecule has 4 atom stereocenters. The monoisotopic (exact) mass is 420 g/mol. The third-order valence-electron chi connectivity index (χ3n) is 7.38. The number of nitrogens with zero attached hydrogens (tertiary/aromatic N) is 3. The molecule has 6 nitrogen and oxygen atoms in total. The van der Waals surface area contributed by atoms with Crippen molar-refractivity contribution in [2.24, 2.45) is 28.2 Å². The van der Waals surface area contributed by atoms with Gasteiger partial charge in [-0.3, -0.25) is 0 Å². The number of fused-ring (bicyclic) bond motifs is 2. The maximum Gasteiger partial charge on any atom is 0.343 e. The number of hydrogen-bond donors (Lipinski definition) is 1. The maximum absolute atomic E-state index is 12.6. The second kappa shape index (κ2) is 7.80. The van der Waals surface area contributed by atoms with Crippen molar-refractivity contribution in [2.45, 2.75) is 84.8 Å². The molecule has 2 heterocycles. The zero-order valence-corrected chi connectivity index (χ0v) is 19.3. The van der Waals surface area contributed by atoms with E-state index in [-0.39, 0.29) is 17.6 Å². The van der Waals surface area contributed by atoms with Gasteiger partial charge in [-0.25, -0.2) is 9.48 Å². The minimum Gasteiger partial charge on any atom is -0.376 e. The van der Waals surface area contributed by atoms with E-state index >= 15 is 0 Å². The van der Waals surface area contributed by atoms with E-state index in [4.69, 9.17) is 9.84 Å². The lowest BCUT2D eigenvalue weighted by Gasteiger charge is -2.60. The van der Waals surface area contributed by atoms with Crippen LogP contribution < -0.4 is 10.1 Å². The van der Waals surface area contributed by atoms with Crippen LogP contribution in [-0.2, 0) is 16.7 Å². The summed E-state index contributed by atoms with van der Waals surface area (Å²) in [5.74, 6) is 2.20. The summed E-state index contributed by atoms with van der Waals surface area (Å²) in [6, 6.07) is -0.241. The lowest BCUT2D eigenvalue weighted by molar-refractivity contribution is -0.103. The number of amides is 2. The number of hydrogen-bond acceptors (Lipinski definition) is 4. The molecular formula is C22H36N4O2S. The molecule has 0 radical (unpaired) electrons. The topological polar surface area (TPSA) is 68.5 Å². The van der Waals surface area contributed by atoms with Gasteiger partial charge in [-0.2, -0.15) is 10.1 Å². The zero-order valence-electron chi connectivity index (χ0n) is 18.5. The van der Waals surface area contributed by atoms with Crippen LogP contribution in [0.5, 0.6) is 0 Å². The van der Waals surface area contributed by atoms with Crippen molar-refractivity contribution < 1.29 is 9.53 Å². The van der Waals surface area contributed by atoms with Gasteiger partial charge in [0.05, 0.1) is 12.6 Å². The van der Waals surface area contributed by atoms with E-state index in [1.807, 2.05) is 4.68 Å². The molecule has 1 aliphatic heterocycles. The average molecular weight is 421 g/mol. The van der Waals surface area contributed by atoms with Crippen LogP contribution in [-0.4, -0.2) is 35.1 Å². The molecule has 4 aliphatic rings. The minimum atomic E-state index is -0.241. The Bertz CT molecular complexity index is 812. The molecule has 0 spiro atoms. The van der Waals surface area contributed by atoms with Crippen molar-refractivity contribution in [1.29, 1.82) is 0 Å². The summed E-state index contributed by atoms with van der Waals surface area (Å²) in [6.45, 7) is 13.4. The van der Waals surface area contributed by atoms with Crippen molar-refractivity contribution in [2.75, 3.05) is 13.2 Å². The SMILES string of the molecule is CC(C)(C)c1nn(C[C@H]2CCCO2)c(=NC(=O)NC[C@@H]2CC[C@H]3C[C@H]2C3(C)C)s1. The van der Waals surface area contributed by atoms with Crippen LogP contribution in [0.3, 0.4) is 0 Å². The van der Waals surface area contributed by atoms with E-state index in [0.717, 1.165) is 42.8 Å². The third-order valence-corrected chi connectivity index (χ3v) is 8.75. The predicted molar refractivity (Wildman–Crippen MR) is 115 cm³/mol. The van der Waals surface area contributed by atoms with E-state index in [2.05, 4.69) is 44.9 Å². The van der Waals surface area contributed by atoms with E-state index in [1.54, 1.807) is 0 Å². The molecular weight excluding hydrogens is 384 g/mol. The fourth-order valence-corrected chi connectivity index (χ4v) is 6.32. The molecule has 7 heteroatoms. The van der Waals surface area contributed by atoms with Crippen molar-refractivity contribution in [1.82, 2.24) is 15.1 Å². The van der Waals surface area contributed by atoms with E-state index in [1.165, 1.54) is 30.6 Å². The maximum atomic E-state index is 12.6. The smallest absolute Gasteiger partial charge is 0.343 e. The van der Waals surface area contributed by atoms with Crippen molar-refractivity contribution in [3.63, 3.8) is 0 Å². The normalized spacial score (nSPS) is 31.6. The van der Waals surface area contributed by atoms with Crippen LogP contribution in [0.25, 0.3) is 0 Å². The fourth-order valence-electron chi connectivity index (χ4n) is 5.35. The molecule has 162 valence electrons. The second-order valence-electron chi connectivity index (χ2n) is 10.8. The predicted octanol–water partition coefficient (Wildman–Crippen LogP) is 4.10. The first kappa shape index (κ1) is 21.0. The molecule has 2 bridgehead atoms. The Morgan fingerprint density at radius 3 is 2.76 bits per heavy atom. The van der Waals surface area contributed by atoms with Crippen LogP contribution in [0.4, 0.5) is 4.79 Å². The Balaban J connectivity index is 1.45. The second-order valence-corrected chi connectivity index (χ2v) is 11.7. The van der Waals surface area contributed by atoms with Gasteiger partial charge in [0, 0.05) is 18.6 Å². The first-order valence-corrected chi connectivity index (χ1v) is 12.0. The molecule has 5 rings (SSSR count). The van der Waals surface area contributed by atoms with Crippen molar-refractivity contribution in [3.8, 4) is 0 Å². The Morgan fingerprint density at radius 1 is 1.34 bits per heavy atom.